The highest BCUT2D eigenvalue weighted by Gasteiger charge is 2.60. The molecule has 1 fully saturated rings. The van der Waals surface area contributed by atoms with Crippen LogP contribution < -0.4 is 10.4 Å². The lowest BCUT2D eigenvalue weighted by molar-refractivity contribution is 1.44. The first-order chi connectivity index (χ1) is 8.94. The second-order valence-corrected chi connectivity index (χ2v) is 8.69. The Balaban J connectivity index is 1.96. The van der Waals surface area contributed by atoms with Crippen LogP contribution in [0.4, 0.5) is 0 Å². The van der Waals surface area contributed by atoms with Gasteiger partial charge in [0, 0.05) is 0 Å². The molecular formula is C17H14Si. The molecule has 0 saturated carbocycles. The van der Waals surface area contributed by atoms with Gasteiger partial charge >= 0.3 is 0 Å². The first-order valence-electron chi connectivity index (χ1n) is 6.47. The summed E-state index contributed by atoms with van der Waals surface area (Å²) in [6, 6.07) is 22.1. The summed E-state index contributed by atoms with van der Waals surface area (Å²) in [6.45, 7) is 0. The fraction of sp³-hybridized carbons (Fsp3) is 0.0588. The van der Waals surface area contributed by atoms with Crippen LogP contribution in [0.1, 0.15) is 6.42 Å². The molecule has 0 bridgehead atoms. The second-order valence-electron chi connectivity index (χ2n) is 4.95. The number of benzene rings is 2. The van der Waals surface area contributed by atoms with Crippen molar-refractivity contribution in [2.75, 3.05) is 0 Å². The van der Waals surface area contributed by atoms with Gasteiger partial charge in [0.25, 0.3) is 0 Å². The number of hydrogen-bond acceptors (Lipinski definition) is 0. The zero-order valence-corrected chi connectivity index (χ0v) is 11.1. The third kappa shape index (κ3) is 1.15. The van der Waals surface area contributed by atoms with Crippen LogP contribution in [0.25, 0.3) is 0 Å². The van der Waals surface area contributed by atoms with Crippen LogP contribution >= 0.6 is 0 Å². The Kier molecular flexibility index (Phi) is 2.00. The number of rotatable bonds is 2. The van der Waals surface area contributed by atoms with Crippen molar-refractivity contribution in [1.82, 2.24) is 0 Å². The van der Waals surface area contributed by atoms with Gasteiger partial charge in [-0.15, -0.1) is 0 Å². The first-order valence-corrected chi connectivity index (χ1v) is 8.47. The van der Waals surface area contributed by atoms with Gasteiger partial charge in [0.15, 0.2) is 8.07 Å². The van der Waals surface area contributed by atoms with Crippen LogP contribution in [0.15, 0.2) is 83.2 Å². The van der Waals surface area contributed by atoms with E-state index in [1.165, 1.54) is 10.4 Å². The zero-order chi connectivity index (χ0) is 12.0. The summed E-state index contributed by atoms with van der Waals surface area (Å²) in [5, 5.41) is 6.38. The highest BCUT2D eigenvalue weighted by molar-refractivity contribution is 7.24. The van der Waals surface area contributed by atoms with Crippen molar-refractivity contribution >= 4 is 18.4 Å². The molecule has 0 nitrogen and oxygen atoms in total. The summed E-state index contributed by atoms with van der Waals surface area (Å²) >= 11 is 0. The number of fused-ring (bicyclic) bond motifs is 1. The van der Waals surface area contributed by atoms with E-state index >= 15 is 0 Å². The predicted molar refractivity (Wildman–Crippen MR) is 78.7 cm³/mol. The van der Waals surface area contributed by atoms with Crippen molar-refractivity contribution in [2.45, 2.75) is 6.42 Å². The molecule has 4 rings (SSSR count). The Labute approximate surface area is 108 Å². The SMILES string of the molecule is C1=C2C(=CC1)[Si]2(c1ccccc1)c1ccccc1. The van der Waals surface area contributed by atoms with Gasteiger partial charge in [0.2, 0.25) is 0 Å². The summed E-state index contributed by atoms with van der Waals surface area (Å²) in [5.74, 6) is 0. The predicted octanol–water partition coefficient (Wildman–Crippen LogP) is 2.60. The van der Waals surface area contributed by atoms with E-state index in [1.54, 1.807) is 10.4 Å². The Bertz CT molecular complexity index is 591. The van der Waals surface area contributed by atoms with Crippen molar-refractivity contribution in [3.63, 3.8) is 0 Å². The van der Waals surface area contributed by atoms with Gasteiger partial charge in [-0.3, -0.25) is 0 Å². The molecule has 86 valence electrons. The van der Waals surface area contributed by atoms with Crippen molar-refractivity contribution in [3.8, 4) is 0 Å². The molecule has 0 N–H and O–H groups in total. The first kappa shape index (κ1) is 10.1. The monoisotopic (exact) mass is 246 g/mol. The van der Waals surface area contributed by atoms with E-state index < -0.39 is 8.07 Å². The van der Waals surface area contributed by atoms with Crippen molar-refractivity contribution in [3.05, 3.63) is 83.2 Å². The molecule has 1 heterocycles. The van der Waals surface area contributed by atoms with Crippen molar-refractivity contribution in [1.29, 1.82) is 0 Å². The maximum absolute atomic E-state index is 2.43. The normalized spacial score (nSPS) is 18.9. The van der Waals surface area contributed by atoms with E-state index in [2.05, 4.69) is 72.8 Å². The van der Waals surface area contributed by atoms with E-state index in [9.17, 15) is 0 Å². The Morgan fingerprint density at radius 1 is 0.611 bits per heavy atom. The third-order valence-electron chi connectivity index (χ3n) is 4.09. The quantitative estimate of drug-likeness (QED) is 0.715. The largest absolute Gasteiger partial charge is 0.178 e. The molecule has 0 unspecified atom stereocenters. The lowest BCUT2D eigenvalue weighted by Gasteiger charge is -2.14. The molecule has 2 aromatic rings. The summed E-state index contributed by atoms with van der Waals surface area (Å²) in [5.41, 5.74) is 0. The highest BCUT2D eigenvalue weighted by Crippen LogP contribution is 2.49. The van der Waals surface area contributed by atoms with Crippen LogP contribution in [-0.4, -0.2) is 8.07 Å². The molecule has 0 aromatic heterocycles. The Morgan fingerprint density at radius 2 is 1.06 bits per heavy atom. The zero-order valence-electron chi connectivity index (χ0n) is 10.1. The van der Waals surface area contributed by atoms with Crippen LogP contribution in [0, 0.1) is 0 Å². The molecule has 0 spiro atoms. The summed E-state index contributed by atoms with van der Waals surface area (Å²) in [7, 11) is -1.63. The molecule has 18 heavy (non-hydrogen) atoms. The minimum Gasteiger partial charge on any atom is -0.0805 e. The minimum atomic E-state index is -1.63. The number of hydrogen-bond donors (Lipinski definition) is 0. The Morgan fingerprint density at radius 3 is 1.50 bits per heavy atom. The van der Waals surface area contributed by atoms with Gasteiger partial charge < -0.3 is 0 Å². The van der Waals surface area contributed by atoms with E-state index in [0.29, 0.717) is 0 Å². The summed E-state index contributed by atoms with van der Waals surface area (Å²) in [6.07, 6.45) is 6.00. The summed E-state index contributed by atoms with van der Waals surface area (Å²) < 4.78 is 0. The smallest absolute Gasteiger partial charge is 0.0805 e. The van der Waals surface area contributed by atoms with Gasteiger partial charge in [-0.1, -0.05) is 72.8 Å². The lowest BCUT2D eigenvalue weighted by atomic mass is 10.4. The van der Waals surface area contributed by atoms with Crippen LogP contribution in [-0.2, 0) is 0 Å². The van der Waals surface area contributed by atoms with Crippen LogP contribution in [0.5, 0.6) is 0 Å². The molecule has 0 atom stereocenters. The van der Waals surface area contributed by atoms with E-state index in [0.717, 1.165) is 6.42 Å². The fourth-order valence-electron chi connectivity index (χ4n) is 3.31. The van der Waals surface area contributed by atoms with Crippen LogP contribution in [0.3, 0.4) is 0 Å². The van der Waals surface area contributed by atoms with Crippen molar-refractivity contribution in [2.24, 2.45) is 0 Å². The van der Waals surface area contributed by atoms with E-state index in [-0.39, 0.29) is 0 Å². The molecule has 2 aromatic carbocycles. The maximum Gasteiger partial charge on any atom is 0.178 e. The maximum atomic E-state index is 2.43. The second kappa shape index (κ2) is 3.56. The third-order valence-corrected chi connectivity index (χ3v) is 8.80. The van der Waals surface area contributed by atoms with E-state index in [1.807, 2.05) is 0 Å². The van der Waals surface area contributed by atoms with Gasteiger partial charge in [-0.05, 0) is 27.2 Å². The molecule has 1 aliphatic carbocycles. The molecular weight excluding hydrogens is 232 g/mol. The molecule has 1 heteroatoms. The van der Waals surface area contributed by atoms with Gasteiger partial charge in [0.1, 0.15) is 0 Å². The molecule has 0 radical (unpaired) electrons. The average molecular weight is 246 g/mol. The van der Waals surface area contributed by atoms with Crippen molar-refractivity contribution < 1.29 is 0 Å². The topological polar surface area (TPSA) is 0 Å². The minimum absolute atomic E-state index is 1.14. The highest BCUT2D eigenvalue weighted by atomic mass is 28.3. The average Bonchev–Trinajstić information content (AvgIpc) is 2.82. The molecule has 0 amide bonds. The molecule has 1 aliphatic heterocycles. The van der Waals surface area contributed by atoms with Crippen LogP contribution in [0.2, 0.25) is 0 Å². The molecule has 2 aliphatic rings. The number of allylic oxidation sites excluding steroid dienone is 4. The Hall–Kier alpha value is -1.86. The standard InChI is InChI=1S/C17H14Si/c1-3-8-14(9-4-1)18(15-10-5-2-6-11-15)16-12-7-13-17(16)18/h1-6,8-13H,7H2. The van der Waals surface area contributed by atoms with Gasteiger partial charge in [-0.2, -0.15) is 0 Å². The van der Waals surface area contributed by atoms with E-state index in [4.69, 9.17) is 0 Å². The summed E-state index contributed by atoms with van der Waals surface area (Å²) in [4.78, 5) is 0. The van der Waals surface area contributed by atoms with Gasteiger partial charge in [-0.25, -0.2) is 0 Å². The van der Waals surface area contributed by atoms with Gasteiger partial charge in [0.05, 0.1) is 0 Å². The molecule has 1 saturated heterocycles. The lowest BCUT2D eigenvalue weighted by Crippen LogP contribution is -2.46. The fourth-order valence-corrected chi connectivity index (χ4v) is 8.34.